The predicted octanol–water partition coefficient (Wildman–Crippen LogP) is 2.63. The number of carbonyl (C=O) groups is 1. The third-order valence-corrected chi connectivity index (χ3v) is 4.61. The molecule has 5 nitrogen and oxygen atoms in total. The van der Waals surface area contributed by atoms with Crippen LogP contribution >= 0.6 is 11.5 Å². The van der Waals surface area contributed by atoms with Gasteiger partial charge in [0.2, 0.25) is 0 Å². The van der Waals surface area contributed by atoms with Gasteiger partial charge in [0.25, 0.3) is 5.91 Å². The normalized spacial score (nSPS) is 15.8. The molecule has 1 amide bonds. The van der Waals surface area contributed by atoms with E-state index in [1.54, 1.807) is 0 Å². The van der Waals surface area contributed by atoms with Crippen molar-refractivity contribution in [2.45, 2.75) is 58.5 Å². The first-order valence-corrected chi connectivity index (χ1v) is 8.14. The molecule has 1 heterocycles. The van der Waals surface area contributed by atoms with Crippen LogP contribution in [0.5, 0.6) is 0 Å². The zero-order valence-electron chi connectivity index (χ0n) is 12.5. The molecule has 0 saturated heterocycles. The number of amides is 1. The zero-order valence-corrected chi connectivity index (χ0v) is 13.3. The number of hydrogen-bond donors (Lipinski definition) is 2. The third-order valence-electron chi connectivity index (χ3n) is 3.71. The Morgan fingerprint density at radius 2 is 2.15 bits per heavy atom. The Hall–Kier alpha value is -1.30. The van der Waals surface area contributed by atoms with Crippen LogP contribution in [0.2, 0.25) is 0 Å². The highest BCUT2D eigenvalue weighted by Crippen LogP contribution is 2.35. The number of anilines is 2. The Morgan fingerprint density at radius 3 is 2.70 bits per heavy atom. The average Bonchev–Trinajstić information content (AvgIpc) is 3.00. The summed E-state index contributed by atoms with van der Waals surface area (Å²) in [5, 5.41) is 3.84. The van der Waals surface area contributed by atoms with Crippen molar-refractivity contribution in [1.29, 1.82) is 0 Å². The molecular formula is C14H24N4OS. The Kier molecular flexibility index (Phi) is 4.86. The quantitative estimate of drug-likeness (QED) is 0.876. The molecule has 0 bridgehead atoms. The van der Waals surface area contributed by atoms with Gasteiger partial charge >= 0.3 is 0 Å². The number of nitrogens with one attached hydrogen (secondary N) is 1. The highest BCUT2D eigenvalue weighted by molar-refractivity contribution is 7.11. The van der Waals surface area contributed by atoms with E-state index in [9.17, 15) is 4.79 Å². The standard InChI is InChI=1S/C14H24N4OS/c1-4-18(10-7-5-6-8-10)14-11(12(15)17-20-14)13(19)16-9(2)3/h9-10H,4-8H2,1-3H3,(H2,15,17)(H,16,19). The second-order valence-corrected chi connectivity index (χ2v) is 6.35. The fraction of sp³-hybridized carbons (Fsp3) is 0.714. The molecule has 1 aromatic heterocycles. The summed E-state index contributed by atoms with van der Waals surface area (Å²) in [5.74, 6) is 0.234. The lowest BCUT2D eigenvalue weighted by molar-refractivity contribution is 0.0944. The van der Waals surface area contributed by atoms with Crippen LogP contribution in [0, 0.1) is 0 Å². The zero-order chi connectivity index (χ0) is 14.7. The molecule has 1 aromatic rings. The SMILES string of the molecule is CCN(c1snc(N)c1C(=O)NC(C)C)C1CCCC1. The van der Waals surface area contributed by atoms with E-state index in [-0.39, 0.29) is 11.9 Å². The van der Waals surface area contributed by atoms with Crippen LogP contribution in [0.1, 0.15) is 56.8 Å². The summed E-state index contributed by atoms with van der Waals surface area (Å²) >= 11 is 1.34. The van der Waals surface area contributed by atoms with Gasteiger partial charge < -0.3 is 16.0 Å². The maximum absolute atomic E-state index is 12.3. The number of rotatable bonds is 5. The maximum Gasteiger partial charge on any atom is 0.258 e. The Bertz CT molecular complexity index is 466. The number of carbonyl (C=O) groups excluding carboxylic acids is 1. The summed E-state index contributed by atoms with van der Waals surface area (Å²) in [7, 11) is 0. The molecule has 20 heavy (non-hydrogen) atoms. The largest absolute Gasteiger partial charge is 0.382 e. The number of aromatic nitrogens is 1. The molecule has 0 spiro atoms. The minimum Gasteiger partial charge on any atom is -0.382 e. The monoisotopic (exact) mass is 296 g/mol. The topological polar surface area (TPSA) is 71.2 Å². The molecule has 6 heteroatoms. The van der Waals surface area contributed by atoms with Crippen molar-refractivity contribution < 1.29 is 4.79 Å². The first kappa shape index (κ1) is 15.1. The Balaban J connectivity index is 2.28. The fourth-order valence-electron chi connectivity index (χ4n) is 2.82. The van der Waals surface area contributed by atoms with Crippen LogP contribution in [0.3, 0.4) is 0 Å². The molecule has 1 fully saturated rings. The third kappa shape index (κ3) is 3.06. The van der Waals surface area contributed by atoms with Crippen LogP contribution < -0.4 is 16.0 Å². The summed E-state index contributed by atoms with van der Waals surface area (Å²) < 4.78 is 4.20. The lowest BCUT2D eigenvalue weighted by Gasteiger charge is -2.29. The van der Waals surface area contributed by atoms with Gasteiger partial charge in [0.15, 0.2) is 5.82 Å². The molecule has 2 rings (SSSR count). The lowest BCUT2D eigenvalue weighted by Crippen LogP contribution is -2.36. The molecule has 0 aliphatic heterocycles. The Morgan fingerprint density at radius 1 is 1.50 bits per heavy atom. The van der Waals surface area contributed by atoms with Gasteiger partial charge in [0, 0.05) is 18.6 Å². The minimum atomic E-state index is -0.113. The van der Waals surface area contributed by atoms with Crippen LogP contribution in [0.15, 0.2) is 0 Å². The van der Waals surface area contributed by atoms with E-state index in [2.05, 4.69) is 21.5 Å². The molecule has 3 N–H and O–H groups in total. The van der Waals surface area contributed by atoms with Crippen LogP contribution in [0.4, 0.5) is 10.8 Å². The Labute approximate surface area is 124 Å². The molecule has 112 valence electrons. The van der Waals surface area contributed by atoms with Crippen molar-refractivity contribution in [3.05, 3.63) is 5.56 Å². The number of nitrogens with two attached hydrogens (primary N) is 1. The van der Waals surface area contributed by atoms with Gasteiger partial charge in [-0.25, -0.2) is 0 Å². The number of nitrogen functional groups attached to an aromatic ring is 1. The van der Waals surface area contributed by atoms with Crippen molar-refractivity contribution in [2.24, 2.45) is 0 Å². The minimum absolute atomic E-state index is 0.0937. The van der Waals surface area contributed by atoms with Crippen molar-refractivity contribution >= 4 is 28.3 Å². The predicted molar refractivity (Wildman–Crippen MR) is 84.4 cm³/mol. The smallest absolute Gasteiger partial charge is 0.258 e. The van der Waals surface area contributed by atoms with Gasteiger partial charge in [-0.2, -0.15) is 4.37 Å². The fourth-order valence-corrected chi connectivity index (χ4v) is 3.77. The molecule has 1 saturated carbocycles. The van der Waals surface area contributed by atoms with Crippen molar-refractivity contribution in [3.63, 3.8) is 0 Å². The summed E-state index contributed by atoms with van der Waals surface area (Å²) in [6.07, 6.45) is 4.92. The molecule has 1 aliphatic rings. The highest BCUT2D eigenvalue weighted by Gasteiger charge is 2.29. The second kappa shape index (κ2) is 6.43. The van der Waals surface area contributed by atoms with Gasteiger partial charge in [-0.15, -0.1) is 0 Å². The van der Waals surface area contributed by atoms with E-state index in [1.165, 1.54) is 37.2 Å². The van der Waals surface area contributed by atoms with Gasteiger partial charge in [-0.1, -0.05) is 12.8 Å². The summed E-state index contributed by atoms with van der Waals surface area (Å²) in [6.45, 7) is 6.90. The molecule has 0 unspecified atom stereocenters. The van der Waals surface area contributed by atoms with Crippen LogP contribution in [0.25, 0.3) is 0 Å². The first-order chi connectivity index (χ1) is 9.54. The van der Waals surface area contributed by atoms with E-state index in [4.69, 9.17) is 5.73 Å². The van der Waals surface area contributed by atoms with Gasteiger partial charge in [-0.05, 0) is 45.1 Å². The van der Waals surface area contributed by atoms with Crippen molar-refractivity contribution in [1.82, 2.24) is 9.69 Å². The van der Waals surface area contributed by atoms with Crippen LogP contribution in [-0.2, 0) is 0 Å². The van der Waals surface area contributed by atoms with E-state index in [0.717, 1.165) is 11.5 Å². The van der Waals surface area contributed by atoms with Crippen molar-refractivity contribution in [3.8, 4) is 0 Å². The van der Waals surface area contributed by atoms with Gasteiger partial charge in [0.05, 0.1) is 0 Å². The first-order valence-electron chi connectivity index (χ1n) is 7.37. The molecule has 0 radical (unpaired) electrons. The van der Waals surface area contributed by atoms with E-state index < -0.39 is 0 Å². The number of hydrogen-bond acceptors (Lipinski definition) is 5. The summed E-state index contributed by atoms with van der Waals surface area (Å²) in [4.78, 5) is 14.6. The van der Waals surface area contributed by atoms with E-state index in [1.807, 2.05) is 13.8 Å². The summed E-state index contributed by atoms with van der Waals surface area (Å²) in [6, 6.07) is 0.613. The highest BCUT2D eigenvalue weighted by atomic mass is 32.1. The van der Waals surface area contributed by atoms with Gasteiger partial charge in [0.1, 0.15) is 10.6 Å². The molecular weight excluding hydrogens is 272 g/mol. The number of nitrogens with zero attached hydrogens (tertiary/aromatic N) is 2. The van der Waals surface area contributed by atoms with Crippen molar-refractivity contribution in [2.75, 3.05) is 17.2 Å². The molecule has 0 atom stereocenters. The maximum atomic E-state index is 12.3. The van der Waals surface area contributed by atoms with Gasteiger partial charge in [-0.3, -0.25) is 4.79 Å². The lowest BCUT2D eigenvalue weighted by atomic mass is 10.2. The summed E-state index contributed by atoms with van der Waals surface area (Å²) in [5.41, 5.74) is 6.47. The molecule has 1 aliphatic carbocycles. The van der Waals surface area contributed by atoms with E-state index in [0.29, 0.717) is 17.4 Å². The average molecular weight is 296 g/mol. The van der Waals surface area contributed by atoms with E-state index >= 15 is 0 Å². The second-order valence-electron chi connectivity index (χ2n) is 5.60. The van der Waals surface area contributed by atoms with Crippen LogP contribution in [-0.4, -0.2) is 28.9 Å². The molecule has 0 aromatic carbocycles.